The molecule has 0 atom stereocenters. The minimum absolute atomic E-state index is 0.00922. The Hall–Kier alpha value is -3.20. The molecule has 34 heavy (non-hydrogen) atoms. The van der Waals surface area contributed by atoms with Crippen LogP contribution in [0.1, 0.15) is 32.3 Å². The number of nitrogens with zero attached hydrogens (tertiary/aromatic N) is 3. The van der Waals surface area contributed by atoms with Crippen molar-refractivity contribution in [3.63, 3.8) is 0 Å². The van der Waals surface area contributed by atoms with Crippen LogP contribution in [0.25, 0.3) is 0 Å². The molecule has 9 nitrogen and oxygen atoms in total. The summed E-state index contributed by atoms with van der Waals surface area (Å²) in [6, 6.07) is 7.14. The summed E-state index contributed by atoms with van der Waals surface area (Å²) in [6.45, 7) is 5.19. The van der Waals surface area contributed by atoms with Crippen molar-refractivity contribution in [2.45, 2.75) is 33.1 Å². The number of allylic oxidation sites excluding steroid dienone is 2. The van der Waals surface area contributed by atoms with Gasteiger partial charge in [-0.15, -0.1) is 0 Å². The third-order valence-electron chi connectivity index (χ3n) is 5.47. The highest BCUT2D eigenvalue weighted by Gasteiger charge is 2.18. The van der Waals surface area contributed by atoms with Crippen molar-refractivity contribution in [1.29, 1.82) is 0 Å². The van der Waals surface area contributed by atoms with Gasteiger partial charge in [-0.25, -0.2) is 0 Å². The maximum Gasteiger partial charge on any atom is 0.236 e. The number of carbonyl (C=O) groups excluding carboxylic acids is 4. The van der Waals surface area contributed by atoms with Crippen molar-refractivity contribution in [3.8, 4) is 0 Å². The zero-order chi connectivity index (χ0) is 25.7. The van der Waals surface area contributed by atoms with E-state index in [0.29, 0.717) is 32.0 Å². The fourth-order valence-corrected chi connectivity index (χ4v) is 2.92. The number of hydrogen-bond acceptors (Lipinski definition) is 6. The maximum atomic E-state index is 12.6. The minimum atomic E-state index is -0.318. The van der Waals surface area contributed by atoms with Crippen LogP contribution in [0.2, 0.25) is 0 Å². The average Bonchev–Trinajstić information content (AvgIpc) is 2.80. The summed E-state index contributed by atoms with van der Waals surface area (Å²) in [5, 5.41) is 2.91. The van der Waals surface area contributed by atoms with Crippen LogP contribution in [0.15, 0.2) is 36.0 Å². The van der Waals surface area contributed by atoms with E-state index in [-0.39, 0.29) is 36.3 Å². The van der Waals surface area contributed by atoms with E-state index in [1.165, 1.54) is 16.7 Å². The lowest BCUT2D eigenvalue weighted by atomic mass is 10.1. The second-order valence-corrected chi connectivity index (χ2v) is 8.24. The Morgan fingerprint density at radius 3 is 2.15 bits per heavy atom. The van der Waals surface area contributed by atoms with Crippen LogP contribution < -0.4 is 10.2 Å². The van der Waals surface area contributed by atoms with Gasteiger partial charge in [-0.2, -0.15) is 0 Å². The molecule has 0 heterocycles. The molecule has 1 aromatic carbocycles. The number of benzene rings is 1. The Morgan fingerprint density at radius 2 is 1.56 bits per heavy atom. The Morgan fingerprint density at radius 1 is 0.912 bits per heavy atom. The van der Waals surface area contributed by atoms with E-state index in [2.05, 4.69) is 5.32 Å². The van der Waals surface area contributed by atoms with Gasteiger partial charge in [0, 0.05) is 78.7 Å². The van der Waals surface area contributed by atoms with E-state index in [1.54, 1.807) is 63.4 Å². The van der Waals surface area contributed by atoms with Gasteiger partial charge in [0.15, 0.2) is 5.78 Å². The van der Waals surface area contributed by atoms with E-state index >= 15 is 0 Å². The van der Waals surface area contributed by atoms with Gasteiger partial charge in [-0.1, -0.05) is 12.1 Å². The first-order chi connectivity index (χ1) is 16.0. The summed E-state index contributed by atoms with van der Waals surface area (Å²) in [6.07, 6.45) is 2.31. The topological polar surface area (TPSA) is 99.3 Å². The van der Waals surface area contributed by atoms with Crippen molar-refractivity contribution >= 4 is 29.2 Å². The molecule has 0 bridgehead atoms. The van der Waals surface area contributed by atoms with Crippen molar-refractivity contribution in [2.75, 3.05) is 59.4 Å². The summed E-state index contributed by atoms with van der Waals surface area (Å²) in [5.74, 6) is -0.601. The summed E-state index contributed by atoms with van der Waals surface area (Å²) >= 11 is 0. The van der Waals surface area contributed by atoms with Gasteiger partial charge in [0.05, 0.1) is 6.61 Å². The first kappa shape index (κ1) is 28.8. The normalized spacial score (nSPS) is 11.1. The number of carbonyl (C=O) groups is 4. The van der Waals surface area contributed by atoms with Crippen LogP contribution in [0.3, 0.4) is 0 Å². The van der Waals surface area contributed by atoms with Gasteiger partial charge < -0.3 is 24.8 Å². The molecule has 1 N–H and O–H groups in total. The van der Waals surface area contributed by atoms with Gasteiger partial charge in [-0.3, -0.25) is 19.2 Å². The zero-order valence-corrected chi connectivity index (χ0v) is 21.2. The summed E-state index contributed by atoms with van der Waals surface area (Å²) in [7, 11) is 6.76. The molecule has 0 aromatic heterocycles. The molecule has 1 aromatic rings. The first-order valence-electron chi connectivity index (χ1n) is 11.3. The number of ether oxygens (including phenoxy) is 1. The molecule has 9 heteroatoms. The SMILES string of the molecule is CN/C(C)=C\C(=O)Cc1ccc(N(C)C(=O)CC(=O)N(C)CCOCCCN(C)C(C)=O)cc1. The van der Waals surface area contributed by atoms with Crippen LogP contribution in [-0.2, 0) is 30.3 Å². The molecule has 0 radical (unpaired) electrons. The summed E-state index contributed by atoms with van der Waals surface area (Å²) < 4.78 is 5.51. The average molecular weight is 475 g/mol. The van der Waals surface area contributed by atoms with Crippen molar-refractivity contribution in [1.82, 2.24) is 15.1 Å². The predicted octanol–water partition coefficient (Wildman–Crippen LogP) is 1.62. The Kier molecular flexibility index (Phi) is 12.6. The molecule has 0 aliphatic heterocycles. The Labute approximate surface area is 202 Å². The van der Waals surface area contributed by atoms with E-state index in [9.17, 15) is 19.2 Å². The van der Waals surface area contributed by atoms with E-state index in [0.717, 1.165) is 17.7 Å². The highest BCUT2D eigenvalue weighted by molar-refractivity contribution is 6.04. The number of hydrogen-bond donors (Lipinski definition) is 1. The molecule has 0 unspecified atom stereocenters. The predicted molar refractivity (Wildman–Crippen MR) is 132 cm³/mol. The van der Waals surface area contributed by atoms with Crippen LogP contribution in [0.5, 0.6) is 0 Å². The van der Waals surface area contributed by atoms with E-state index < -0.39 is 0 Å². The highest BCUT2D eigenvalue weighted by atomic mass is 16.5. The monoisotopic (exact) mass is 474 g/mol. The number of rotatable bonds is 14. The lowest BCUT2D eigenvalue weighted by Gasteiger charge is -2.21. The molecule has 0 fully saturated rings. The highest BCUT2D eigenvalue weighted by Crippen LogP contribution is 2.16. The lowest BCUT2D eigenvalue weighted by molar-refractivity contribution is -0.135. The van der Waals surface area contributed by atoms with Gasteiger partial charge in [0.25, 0.3) is 0 Å². The largest absolute Gasteiger partial charge is 0.392 e. The quantitative estimate of drug-likeness (QED) is 0.250. The Bertz CT molecular complexity index is 867. The first-order valence-corrected chi connectivity index (χ1v) is 11.3. The molecule has 0 saturated heterocycles. The van der Waals surface area contributed by atoms with Crippen LogP contribution in [0.4, 0.5) is 5.69 Å². The summed E-state index contributed by atoms with van der Waals surface area (Å²) in [4.78, 5) is 52.6. The number of anilines is 1. The standard InChI is InChI=1S/C25H38N4O5/c1-19(26-3)16-23(31)17-21-8-10-22(11-9-21)29(6)25(33)18-24(32)28(5)13-15-34-14-7-12-27(4)20(2)30/h8-11,16,26H,7,12-15,17-18H2,1-6H3/b19-16-. The minimum Gasteiger partial charge on any atom is -0.392 e. The van der Waals surface area contributed by atoms with E-state index in [1.807, 2.05) is 6.92 Å². The molecular formula is C25H38N4O5. The van der Waals surface area contributed by atoms with Crippen molar-refractivity contribution in [3.05, 3.63) is 41.6 Å². The molecule has 0 saturated carbocycles. The van der Waals surface area contributed by atoms with E-state index in [4.69, 9.17) is 4.74 Å². The number of amides is 3. The fourth-order valence-electron chi connectivity index (χ4n) is 2.92. The molecule has 188 valence electrons. The smallest absolute Gasteiger partial charge is 0.236 e. The molecule has 0 spiro atoms. The molecule has 1 rings (SSSR count). The second-order valence-electron chi connectivity index (χ2n) is 8.24. The number of ketones is 1. The zero-order valence-electron chi connectivity index (χ0n) is 21.2. The summed E-state index contributed by atoms with van der Waals surface area (Å²) in [5.41, 5.74) is 2.29. The lowest BCUT2D eigenvalue weighted by Crippen LogP contribution is -2.36. The van der Waals surface area contributed by atoms with Crippen LogP contribution in [-0.4, -0.2) is 87.8 Å². The third-order valence-corrected chi connectivity index (χ3v) is 5.47. The van der Waals surface area contributed by atoms with Crippen LogP contribution in [0, 0.1) is 0 Å². The molecule has 0 aliphatic rings. The van der Waals surface area contributed by atoms with Crippen LogP contribution >= 0.6 is 0 Å². The van der Waals surface area contributed by atoms with Gasteiger partial charge in [-0.05, 0) is 31.0 Å². The van der Waals surface area contributed by atoms with Gasteiger partial charge >= 0.3 is 0 Å². The molecule has 3 amide bonds. The van der Waals surface area contributed by atoms with Crippen molar-refractivity contribution < 1.29 is 23.9 Å². The number of likely N-dealkylation sites (N-methyl/N-ethyl adjacent to an activating group) is 1. The molecule has 0 aliphatic carbocycles. The molecular weight excluding hydrogens is 436 g/mol. The number of nitrogens with one attached hydrogen (secondary N) is 1. The fraction of sp³-hybridized carbons (Fsp3) is 0.520. The van der Waals surface area contributed by atoms with Gasteiger partial charge in [0.1, 0.15) is 6.42 Å². The third kappa shape index (κ3) is 10.6. The van der Waals surface area contributed by atoms with Crippen molar-refractivity contribution in [2.24, 2.45) is 0 Å². The maximum absolute atomic E-state index is 12.6. The van der Waals surface area contributed by atoms with Gasteiger partial charge in [0.2, 0.25) is 17.7 Å². The second kappa shape index (κ2) is 14.8. The Balaban J connectivity index is 2.43.